The fraction of sp³-hybridized carbons (Fsp3) is 0.143. The van der Waals surface area contributed by atoms with E-state index in [1.807, 2.05) is 37.4 Å². The zero-order chi connectivity index (χ0) is 20.4. The third-order valence-electron chi connectivity index (χ3n) is 4.51. The number of fused-ring (bicyclic) bond motifs is 1. The predicted molar refractivity (Wildman–Crippen MR) is 115 cm³/mol. The Morgan fingerprint density at radius 3 is 2.62 bits per heavy atom. The van der Waals surface area contributed by atoms with Crippen molar-refractivity contribution in [3.05, 3.63) is 78.6 Å². The number of rotatable bonds is 6. The van der Waals surface area contributed by atoms with Gasteiger partial charge in [-0.25, -0.2) is 13.4 Å². The van der Waals surface area contributed by atoms with Crippen molar-refractivity contribution in [1.82, 2.24) is 14.6 Å². The van der Waals surface area contributed by atoms with Crippen LogP contribution >= 0.6 is 0 Å². The summed E-state index contributed by atoms with van der Waals surface area (Å²) >= 11 is 0. The van der Waals surface area contributed by atoms with Gasteiger partial charge >= 0.3 is 0 Å². The summed E-state index contributed by atoms with van der Waals surface area (Å²) in [6.45, 7) is 0.739. The molecule has 2 heterocycles. The van der Waals surface area contributed by atoms with E-state index in [2.05, 4.69) is 31.8 Å². The summed E-state index contributed by atoms with van der Waals surface area (Å²) in [5.41, 5.74) is 4.08. The summed E-state index contributed by atoms with van der Waals surface area (Å²) in [5, 5.41) is 4.54. The summed E-state index contributed by atoms with van der Waals surface area (Å²) in [6, 6.07) is 19.3. The molecule has 0 saturated heterocycles. The Balaban J connectivity index is 1.70. The van der Waals surface area contributed by atoms with Gasteiger partial charge in [0, 0.05) is 31.0 Å². The molecule has 7 nitrogen and oxygen atoms in total. The van der Waals surface area contributed by atoms with Crippen molar-refractivity contribution in [2.45, 2.75) is 6.54 Å². The molecule has 4 rings (SSSR count). The average molecular weight is 407 g/mol. The predicted octanol–water partition coefficient (Wildman–Crippen LogP) is 3.40. The second kappa shape index (κ2) is 7.56. The third kappa shape index (κ3) is 4.22. The summed E-state index contributed by atoms with van der Waals surface area (Å²) in [5.74, 6) is 0.913. The molecule has 0 atom stereocenters. The van der Waals surface area contributed by atoms with Crippen molar-refractivity contribution in [1.29, 1.82) is 0 Å². The van der Waals surface area contributed by atoms with Crippen LogP contribution in [0.3, 0.4) is 0 Å². The van der Waals surface area contributed by atoms with Crippen molar-refractivity contribution in [2.24, 2.45) is 0 Å². The molecule has 0 unspecified atom stereocenters. The molecule has 0 aliphatic carbocycles. The lowest BCUT2D eigenvalue weighted by molar-refractivity contribution is 0.607. The van der Waals surface area contributed by atoms with Gasteiger partial charge in [0.1, 0.15) is 5.82 Å². The number of nitrogens with zero attached hydrogens (tertiary/aromatic N) is 4. The third-order valence-corrected chi connectivity index (χ3v) is 5.12. The highest BCUT2D eigenvalue weighted by atomic mass is 32.2. The standard InChI is InChI=1S/C21H21N5O2S/c1-25(15-16-7-4-3-5-8-16)20-11-12-22-21-19(14-23-26(20)21)17-9-6-10-18(13-17)24-29(2,27)28/h3-14,24H,15H2,1-2H3. The van der Waals surface area contributed by atoms with Gasteiger partial charge < -0.3 is 4.90 Å². The number of hydrogen-bond donors (Lipinski definition) is 1. The van der Waals surface area contributed by atoms with Crippen LogP contribution in [0.2, 0.25) is 0 Å². The summed E-state index contributed by atoms with van der Waals surface area (Å²) in [7, 11) is -1.33. The maximum absolute atomic E-state index is 11.5. The zero-order valence-electron chi connectivity index (χ0n) is 16.1. The van der Waals surface area contributed by atoms with Crippen LogP contribution in [0.4, 0.5) is 11.5 Å². The van der Waals surface area contributed by atoms with E-state index in [1.54, 1.807) is 35.1 Å². The van der Waals surface area contributed by atoms with E-state index in [9.17, 15) is 8.42 Å². The highest BCUT2D eigenvalue weighted by molar-refractivity contribution is 7.92. The van der Waals surface area contributed by atoms with Crippen LogP contribution in [0.25, 0.3) is 16.8 Å². The number of anilines is 2. The van der Waals surface area contributed by atoms with Gasteiger partial charge in [0.05, 0.1) is 12.5 Å². The van der Waals surface area contributed by atoms with E-state index >= 15 is 0 Å². The topological polar surface area (TPSA) is 79.6 Å². The lowest BCUT2D eigenvalue weighted by atomic mass is 10.1. The molecule has 8 heteroatoms. The van der Waals surface area contributed by atoms with Crippen LogP contribution in [0.5, 0.6) is 0 Å². The minimum atomic E-state index is -3.35. The van der Waals surface area contributed by atoms with E-state index in [-0.39, 0.29) is 0 Å². The summed E-state index contributed by atoms with van der Waals surface area (Å²) in [6.07, 6.45) is 4.64. The van der Waals surface area contributed by atoms with Crippen molar-refractivity contribution in [2.75, 3.05) is 22.9 Å². The smallest absolute Gasteiger partial charge is 0.229 e. The summed E-state index contributed by atoms with van der Waals surface area (Å²) in [4.78, 5) is 6.62. The van der Waals surface area contributed by atoms with Crippen LogP contribution in [0.1, 0.15) is 5.56 Å². The van der Waals surface area contributed by atoms with Crippen molar-refractivity contribution >= 4 is 27.2 Å². The molecule has 0 bridgehead atoms. The fourth-order valence-corrected chi connectivity index (χ4v) is 3.83. The van der Waals surface area contributed by atoms with Crippen LogP contribution in [-0.2, 0) is 16.6 Å². The summed E-state index contributed by atoms with van der Waals surface area (Å²) < 4.78 is 27.4. The van der Waals surface area contributed by atoms with Crippen molar-refractivity contribution in [3.63, 3.8) is 0 Å². The van der Waals surface area contributed by atoms with E-state index in [0.717, 1.165) is 29.7 Å². The fourth-order valence-electron chi connectivity index (χ4n) is 3.27. The maximum atomic E-state index is 11.5. The SMILES string of the molecule is CN(Cc1ccccc1)c1ccnc2c(-c3cccc(NS(C)(=O)=O)c3)cnn12. The van der Waals surface area contributed by atoms with Gasteiger partial charge in [-0.2, -0.15) is 9.61 Å². The first-order valence-electron chi connectivity index (χ1n) is 9.07. The minimum Gasteiger partial charge on any atom is -0.355 e. The van der Waals surface area contributed by atoms with Crippen LogP contribution in [0, 0.1) is 0 Å². The van der Waals surface area contributed by atoms with Gasteiger partial charge in [0.15, 0.2) is 5.65 Å². The molecular formula is C21H21N5O2S. The van der Waals surface area contributed by atoms with E-state index in [1.165, 1.54) is 5.56 Å². The largest absolute Gasteiger partial charge is 0.355 e. The van der Waals surface area contributed by atoms with Crippen LogP contribution < -0.4 is 9.62 Å². The molecule has 1 N–H and O–H groups in total. The molecular weight excluding hydrogens is 386 g/mol. The van der Waals surface area contributed by atoms with Gasteiger partial charge in [0.25, 0.3) is 0 Å². The lowest BCUT2D eigenvalue weighted by Gasteiger charge is -2.20. The van der Waals surface area contributed by atoms with E-state index in [4.69, 9.17) is 0 Å². The molecule has 0 saturated carbocycles. The number of aromatic nitrogens is 3. The average Bonchev–Trinajstić information content (AvgIpc) is 3.12. The molecule has 0 aliphatic heterocycles. The highest BCUT2D eigenvalue weighted by Crippen LogP contribution is 2.28. The molecule has 0 aliphatic rings. The molecule has 2 aromatic heterocycles. The molecule has 0 radical (unpaired) electrons. The molecule has 29 heavy (non-hydrogen) atoms. The Morgan fingerprint density at radius 2 is 1.86 bits per heavy atom. The van der Waals surface area contributed by atoms with Gasteiger partial charge in [-0.15, -0.1) is 0 Å². The van der Waals surface area contributed by atoms with Gasteiger partial charge in [-0.05, 0) is 29.3 Å². The Labute approximate surface area is 169 Å². The normalized spacial score (nSPS) is 11.5. The number of sulfonamides is 1. The molecule has 148 valence electrons. The molecule has 4 aromatic rings. The van der Waals surface area contributed by atoms with E-state index in [0.29, 0.717) is 11.3 Å². The first-order chi connectivity index (χ1) is 13.9. The van der Waals surface area contributed by atoms with Gasteiger partial charge in [-0.3, -0.25) is 4.72 Å². The second-order valence-electron chi connectivity index (χ2n) is 6.89. The highest BCUT2D eigenvalue weighted by Gasteiger charge is 2.14. The van der Waals surface area contributed by atoms with Crippen molar-refractivity contribution in [3.8, 4) is 11.1 Å². The van der Waals surface area contributed by atoms with E-state index < -0.39 is 10.0 Å². The number of benzene rings is 2. The Kier molecular flexibility index (Phi) is 4.94. The zero-order valence-corrected chi connectivity index (χ0v) is 17.0. The molecule has 0 fully saturated rings. The van der Waals surface area contributed by atoms with Gasteiger partial charge in [-0.1, -0.05) is 42.5 Å². The maximum Gasteiger partial charge on any atom is 0.229 e. The van der Waals surface area contributed by atoms with Crippen LogP contribution in [0.15, 0.2) is 73.1 Å². The quantitative estimate of drug-likeness (QED) is 0.530. The lowest BCUT2D eigenvalue weighted by Crippen LogP contribution is -2.19. The molecule has 2 aromatic carbocycles. The van der Waals surface area contributed by atoms with Crippen LogP contribution in [-0.4, -0.2) is 36.3 Å². The Morgan fingerprint density at radius 1 is 1.07 bits per heavy atom. The Hall–Kier alpha value is -3.39. The second-order valence-corrected chi connectivity index (χ2v) is 8.64. The minimum absolute atomic E-state index is 0.502. The Bertz CT molecular complexity index is 1250. The number of nitrogens with one attached hydrogen (secondary N) is 1. The first-order valence-corrected chi connectivity index (χ1v) is 11.0. The number of hydrogen-bond acceptors (Lipinski definition) is 5. The molecule has 0 spiro atoms. The van der Waals surface area contributed by atoms with Gasteiger partial charge in [0.2, 0.25) is 10.0 Å². The molecule has 0 amide bonds. The first kappa shape index (κ1) is 18.9. The monoisotopic (exact) mass is 407 g/mol. The van der Waals surface area contributed by atoms with Crippen molar-refractivity contribution < 1.29 is 8.42 Å².